The molecule has 1 aromatic carbocycles. The maximum Gasteiger partial charge on any atom is 0.267 e. The Bertz CT molecular complexity index is 701. The number of oxime groups is 1. The van der Waals surface area contributed by atoms with Crippen molar-refractivity contribution in [2.24, 2.45) is 10.9 Å². The molecule has 1 aromatic heterocycles. The predicted molar refractivity (Wildman–Crippen MR) is 99.4 cm³/mol. The number of nitrogens with two attached hydrogens (primary N) is 1. The maximum absolute atomic E-state index is 12.1. The number of thiophene rings is 1. The van der Waals surface area contributed by atoms with Gasteiger partial charge in [-0.2, -0.15) is 0 Å². The van der Waals surface area contributed by atoms with Crippen LogP contribution in [0.25, 0.3) is 0 Å². The van der Waals surface area contributed by atoms with Crippen LogP contribution in [-0.2, 0) is 15.0 Å². The van der Waals surface area contributed by atoms with Crippen molar-refractivity contribution in [1.29, 1.82) is 0 Å². The third kappa shape index (κ3) is 4.83. The van der Waals surface area contributed by atoms with Gasteiger partial charge in [0.15, 0.2) is 5.84 Å². The predicted octanol–water partition coefficient (Wildman–Crippen LogP) is 3.71. The van der Waals surface area contributed by atoms with Crippen LogP contribution < -0.4 is 11.1 Å². The number of hydrogen-bond acceptors (Lipinski definition) is 4. The van der Waals surface area contributed by atoms with Crippen molar-refractivity contribution in [2.75, 3.05) is 5.32 Å². The zero-order chi connectivity index (χ0) is 17.7. The second-order valence-corrected chi connectivity index (χ2v) is 7.47. The second-order valence-electron chi connectivity index (χ2n) is 6.52. The third-order valence-corrected chi connectivity index (χ3v) is 4.36. The summed E-state index contributed by atoms with van der Waals surface area (Å²) in [4.78, 5) is 18.2. The fourth-order valence-corrected chi connectivity index (χ4v) is 2.57. The maximum atomic E-state index is 12.1. The Balaban J connectivity index is 1.93. The molecule has 0 aliphatic carbocycles. The van der Waals surface area contributed by atoms with Gasteiger partial charge in [0, 0.05) is 5.69 Å². The van der Waals surface area contributed by atoms with Crippen molar-refractivity contribution in [3.8, 4) is 0 Å². The number of nitrogens with one attached hydrogen (secondary N) is 1. The number of amidine groups is 1. The van der Waals surface area contributed by atoms with Crippen molar-refractivity contribution in [3.05, 3.63) is 52.2 Å². The largest absolute Gasteiger partial charge is 0.381 e. The summed E-state index contributed by atoms with van der Waals surface area (Å²) in [6, 6.07) is 11.5. The van der Waals surface area contributed by atoms with Crippen LogP contribution in [0.15, 0.2) is 46.9 Å². The second kappa shape index (κ2) is 7.49. The monoisotopic (exact) mass is 345 g/mol. The summed E-state index contributed by atoms with van der Waals surface area (Å²) in [5.41, 5.74) is 7.81. The molecule has 0 spiro atoms. The normalized spacial score (nSPS) is 13.4. The highest BCUT2D eigenvalue weighted by Gasteiger charge is 2.16. The minimum Gasteiger partial charge on any atom is -0.381 e. The summed E-state index contributed by atoms with van der Waals surface area (Å²) in [5, 5.41) is 8.53. The Hall–Kier alpha value is -2.34. The first-order valence-electron chi connectivity index (χ1n) is 7.72. The van der Waals surface area contributed by atoms with Gasteiger partial charge in [-0.15, -0.1) is 11.3 Å². The average molecular weight is 345 g/mol. The number of amides is 1. The molecule has 0 bridgehead atoms. The highest BCUT2D eigenvalue weighted by Crippen LogP contribution is 2.23. The van der Waals surface area contributed by atoms with E-state index in [1.807, 2.05) is 41.8 Å². The quantitative estimate of drug-likeness (QED) is 0.493. The van der Waals surface area contributed by atoms with Gasteiger partial charge in [-0.3, -0.25) is 4.79 Å². The molecule has 128 valence electrons. The van der Waals surface area contributed by atoms with E-state index in [1.54, 1.807) is 6.92 Å². The van der Waals surface area contributed by atoms with Crippen molar-refractivity contribution in [1.82, 2.24) is 0 Å². The van der Waals surface area contributed by atoms with Gasteiger partial charge in [0.05, 0.1) is 4.88 Å². The van der Waals surface area contributed by atoms with Crippen LogP contribution in [0.4, 0.5) is 5.69 Å². The summed E-state index contributed by atoms with van der Waals surface area (Å²) in [5.74, 6) is -0.0135. The van der Waals surface area contributed by atoms with Crippen LogP contribution in [0.1, 0.15) is 38.1 Å². The zero-order valence-electron chi connectivity index (χ0n) is 14.4. The number of carbonyl (C=O) groups excluding carboxylic acids is 1. The lowest BCUT2D eigenvalue weighted by Gasteiger charge is -2.19. The van der Waals surface area contributed by atoms with E-state index in [1.165, 1.54) is 16.9 Å². The minimum atomic E-state index is -0.745. The van der Waals surface area contributed by atoms with Gasteiger partial charge in [-0.1, -0.05) is 44.1 Å². The van der Waals surface area contributed by atoms with Gasteiger partial charge in [0.25, 0.3) is 5.91 Å². The van der Waals surface area contributed by atoms with Gasteiger partial charge >= 0.3 is 0 Å². The molecule has 3 N–H and O–H groups in total. The van der Waals surface area contributed by atoms with E-state index < -0.39 is 6.10 Å². The Morgan fingerprint density at radius 3 is 2.46 bits per heavy atom. The topological polar surface area (TPSA) is 76.7 Å². The Morgan fingerprint density at radius 1 is 1.25 bits per heavy atom. The Labute approximate surface area is 146 Å². The van der Waals surface area contributed by atoms with E-state index >= 15 is 0 Å². The molecule has 1 atom stereocenters. The van der Waals surface area contributed by atoms with Crippen molar-refractivity contribution >= 4 is 28.8 Å². The fraction of sp³-hybridized carbons (Fsp3) is 0.333. The van der Waals surface area contributed by atoms with Crippen LogP contribution in [0.3, 0.4) is 0 Å². The molecule has 0 radical (unpaired) electrons. The molecule has 2 rings (SSSR count). The summed E-state index contributed by atoms with van der Waals surface area (Å²) >= 11 is 1.46. The van der Waals surface area contributed by atoms with Gasteiger partial charge in [-0.05, 0) is 41.5 Å². The average Bonchev–Trinajstić information content (AvgIpc) is 3.06. The van der Waals surface area contributed by atoms with Gasteiger partial charge < -0.3 is 15.9 Å². The van der Waals surface area contributed by atoms with E-state index in [4.69, 9.17) is 10.6 Å². The molecule has 0 fully saturated rings. The van der Waals surface area contributed by atoms with E-state index in [0.717, 1.165) is 10.6 Å². The number of carbonyl (C=O) groups is 1. The lowest BCUT2D eigenvalue weighted by molar-refractivity contribution is -0.126. The standard InChI is InChI=1S/C18H23N3O2S/c1-12(23-21-16(19)15-6-5-11-24-15)17(22)20-14-9-7-13(8-10-14)18(2,3)4/h5-12H,1-4H3,(H2,19,21)(H,20,22). The highest BCUT2D eigenvalue weighted by atomic mass is 32.1. The van der Waals surface area contributed by atoms with Gasteiger partial charge in [0.2, 0.25) is 6.10 Å². The van der Waals surface area contributed by atoms with Gasteiger partial charge in [0.1, 0.15) is 0 Å². The lowest BCUT2D eigenvalue weighted by Crippen LogP contribution is -2.27. The molecule has 0 aliphatic rings. The number of hydrogen-bond donors (Lipinski definition) is 2. The highest BCUT2D eigenvalue weighted by molar-refractivity contribution is 7.12. The Morgan fingerprint density at radius 2 is 1.92 bits per heavy atom. The van der Waals surface area contributed by atoms with Gasteiger partial charge in [-0.25, -0.2) is 0 Å². The van der Waals surface area contributed by atoms with E-state index in [0.29, 0.717) is 0 Å². The number of rotatable bonds is 5. The van der Waals surface area contributed by atoms with Crippen molar-refractivity contribution in [2.45, 2.75) is 39.2 Å². The third-order valence-electron chi connectivity index (χ3n) is 3.47. The number of benzene rings is 1. The molecule has 0 saturated heterocycles. The molecule has 5 nitrogen and oxygen atoms in total. The molecule has 1 unspecified atom stereocenters. The van der Waals surface area contributed by atoms with E-state index in [-0.39, 0.29) is 17.2 Å². The molecule has 2 aromatic rings. The SMILES string of the molecule is CC(O/N=C(/N)c1cccs1)C(=O)Nc1ccc(C(C)(C)C)cc1. The lowest BCUT2D eigenvalue weighted by atomic mass is 9.87. The van der Waals surface area contributed by atoms with Crippen LogP contribution in [0.2, 0.25) is 0 Å². The van der Waals surface area contributed by atoms with Crippen molar-refractivity contribution < 1.29 is 9.63 Å². The zero-order valence-corrected chi connectivity index (χ0v) is 15.2. The van der Waals surface area contributed by atoms with Crippen LogP contribution in [-0.4, -0.2) is 17.8 Å². The molecular formula is C18H23N3O2S. The fourth-order valence-electron chi connectivity index (χ4n) is 1.95. The number of anilines is 1. The number of nitrogens with zero attached hydrogens (tertiary/aromatic N) is 1. The first-order valence-corrected chi connectivity index (χ1v) is 8.60. The first-order chi connectivity index (χ1) is 11.3. The van der Waals surface area contributed by atoms with Crippen molar-refractivity contribution in [3.63, 3.8) is 0 Å². The minimum absolute atomic E-state index is 0.0764. The van der Waals surface area contributed by atoms with Crippen LogP contribution in [0.5, 0.6) is 0 Å². The van der Waals surface area contributed by atoms with E-state index in [2.05, 4.69) is 31.2 Å². The first kappa shape index (κ1) is 18.0. The molecule has 6 heteroatoms. The molecule has 1 heterocycles. The summed E-state index contributed by atoms with van der Waals surface area (Å²) in [7, 11) is 0. The summed E-state index contributed by atoms with van der Waals surface area (Å²) < 4.78 is 0. The summed E-state index contributed by atoms with van der Waals surface area (Å²) in [6.45, 7) is 8.07. The molecule has 24 heavy (non-hydrogen) atoms. The van der Waals surface area contributed by atoms with E-state index in [9.17, 15) is 4.79 Å². The molecule has 0 aliphatic heterocycles. The molecule has 0 saturated carbocycles. The van der Waals surface area contributed by atoms with Crippen LogP contribution in [0, 0.1) is 0 Å². The molecule has 1 amide bonds. The van der Waals surface area contributed by atoms with Crippen LogP contribution >= 0.6 is 11.3 Å². The summed E-state index contributed by atoms with van der Waals surface area (Å²) in [6.07, 6.45) is -0.745. The smallest absolute Gasteiger partial charge is 0.267 e. The molecular weight excluding hydrogens is 322 g/mol. The Kier molecular flexibility index (Phi) is 5.62.